The number of hydrogen-bond acceptors (Lipinski definition) is 5. The molecule has 0 bridgehead atoms. The van der Waals surface area contributed by atoms with E-state index in [1.165, 1.54) is 55.7 Å². The minimum absolute atomic E-state index is 0.0274. The number of methoxy groups -OCH3 is 1. The molecule has 0 atom stereocenters. The first-order valence-corrected chi connectivity index (χ1v) is 8.24. The first-order valence-electron chi connectivity index (χ1n) is 6.38. The van der Waals surface area contributed by atoms with E-state index in [0.29, 0.717) is 10.6 Å². The van der Waals surface area contributed by atoms with Crippen molar-refractivity contribution in [1.82, 2.24) is 0 Å². The number of nitrogens with zero attached hydrogens (tertiary/aromatic N) is 1. The summed E-state index contributed by atoms with van der Waals surface area (Å²) in [4.78, 5) is -0.451. The van der Waals surface area contributed by atoms with Gasteiger partial charge in [0.1, 0.15) is 11.0 Å². The van der Waals surface area contributed by atoms with Gasteiger partial charge >= 0.3 is 0 Å². The number of aromatic hydroxyl groups is 1. The van der Waals surface area contributed by atoms with E-state index < -0.39 is 14.7 Å². The van der Waals surface area contributed by atoms with Crippen molar-refractivity contribution in [3.63, 3.8) is 0 Å². The third kappa shape index (κ3) is 3.65. The van der Waals surface area contributed by atoms with Crippen LogP contribution in [0.5, 0.6) is 11.5 Å². The van der Waals surface area contributed by atoms with Crippen molar-refractivity contribution in [3.8, 4) is 17.6 Å². The lowest BCUT2D eigenvalue weighted by atomic mass is 10.2. The number of allylic oxidation sites excluding steroid dienone is 1. The van der Waals surface area contributed by atoms with Crippen LogP contribution in [0.1, 0.15) is 5.56 Å². The quantitative estimate of drug-likeness (QED) is 0.855. The Morgan fingerprint density at radius 2 is 1.91 bits per heavy atom. The first-order chi connectivity index (χ1) is 10.9. The minimum Gasteiger partial charge on any atom is -0.504 e. The van der Waals surface area contributed by atoms with E-state index in [1.54, 1.807) is 6.07 Å². The number of phenolic OH excluding ortho intramolecular Hbond substituents is 1. The molecule has 0 aliphatic rings. The van der Waals surface area contributed by atoms with Crippen molar-refractivity contribution >= 4 is 27.5 Å². The van der Waals surface area contributed by atoms with Crippen molar-refractivity contribution in [1.29, 1.82) is 5.26 Å². The average molecular weight is 350 g/mol. The van der Waals surface area contributed by atoms with Crippen molar-refractivity contribution < 1.29 is 18.3 Å². The fourth-order valence-corrected chi connectivity index (χ4v) is 3.13. The number of ether oxygens (including phenoxy) is 1. The maximum absolute atomic E-state index is 12.5. The highest BCUT2D eigenvalue weighted by atomic mass is 35.5. The molecule has 23 heavy (non-hydrogen) atoms. The zero-order valence-electron chi connectivity index (χ0n) is 12.0. The molecule has 0 fully saturated rings. The fraction of sp³-hybridized carbons (Fsp3) is 0.0625. The molecule has 0 heterocycles. The molecule has 0 saturated heterocycles. The van der Waals surface area contributed by atoms with Gasteiger partial charge in [-0.05, 0) is 48.0 Å². The molecule has 0 radical (unpaired) electrons. The summed E-state index contributed by atoms with van der Waals surface area (Å²) in [6.45, 7) is 0. The summed E-state index contributed by atoms with van der Waals surface area (Å²) in [7, 11) is -2.58. The molecule has 0 saturated carbocycles. The molecule has 2 aromatic rings. The van der Waals surface area contributed by atoms with Crippen molar-refractivity contribution in [2.45, 2.75) is 4.90 Å². The van der Waals surface area contributed by atoms with Gasteiger partial charge in [0.05, 0.1) is 12.0 Å². The molecular formula is C16H12ClNO4S. The van der Waals surface area contributed by atoms with Gasteiger partial charge in [0.2, 0.25) is 9.84 Å². The number of hydrogen-bond donors (Lipinski definition) is 1. The monoisotopic (exact) mass is 349 g/mol. The van der Waals surface area contributed by atoms with Gasteiger partial charge in [0.25, 0.3) is 0 Å². The zero-order chi connectivity index (χ0) is 17.0. The molecule has 0 spiro atoms. The number of nitriles is 1. The standard InChI is InChI=1S/C16H12ClNO4S/c1-22-16-9-11(2-7-15(16)19)8-14(10-18)23(20,21)13-5-3-12(17)4-6-13/h2-9,19H,1H3. The maximum atomic E-state index is 12.5. The predicted octanol–water partition coefficient (Wildman–Crippen LogP) is 3.39. The lowest BCUT2D eigenvalue weighted by Gasteiger charge is -2.06. The lowest BCUT2D eigenvalue weighted by Crippen LogP contribution is -2.03. The van der Waals surface area contributed by atoms with Crippen LogP contribution in [0.2, 0.25) is 5.02 Å². The Hall–Kier alpha value is -2.49. The van der Waals surface area contributed by atoms with Gasteiger partial charge in [-0.15, -0.1) is 0 Å². The fourth-order valence-electron chi connectivity index (χ4n) is 1.85. The van der Waals surface area contributed by atoms with E-state index in [0.717, 1.165) is 0 Å². The number of benzene rings is 2. The lowest BCUT2D eigenvalue weighted by molar-refractivity contribution is 0.373. The van der Waals surface area contributed by atoms with Gasteiger partial charge < -0.3 is 9.84 Å². The molecule has 7 heteroatoms. The van der Waals surface area contributed by atoms with Crippen LogP contribution in [0.15, 0.2) is 52.3 Å². The second kappa shape index (κ2) is 6.73. The highest BCUT2D eigenvalue weighted by Crippen LogP contribution is 2.29. The molecule has 0 aliphatic heterocycles. The van der Waals surface area contributed by atoms with Crippen LogP contribution >= 0.6 is 11.6 Å². The van der Waals surface area contributed by atoms with Crippen LogP contribution in [-0.4, -0.2) is 20.6 Å². The van der Waals surface area contributed by atoms with Gasteiger partial charge in [0, 0.05) is 5.02 Å². The molecule has 2 rings (SSSR count). The van der Waals surface area contributed by atoms with Gasteiger partial charge in [-0.1, -0.05) is 17.7 Å². The van der Waals surface area contributed by atoms with Crippen molar-refractivity contribution in [2.75, 3.05) is 7.11 Å². The van der Waals surface area contributed by atoms with E-state index in [-0.39, 0.29) is 16.4 Å². The van der Waals surface area contributed by atoms with Crippen LogP contribution in [0.25, 0.3) is 6.08 Å². The van der Waals surface area contributed by atoms with Gasteiger partial charge in [0.15, 0.2) is 11.5 Å². The van der Waals surface area contributed by atoms with Crippen molar-refractivity contribution in [2.24, 2.45) is 0 Å². The average Bonchev–Trinajstić information content (AvgIpc) is 2.54. The van der Waals surface area contributed by atoms with E-state index in [1.807, 2.05) is 0 Å². The van der Waals surface area contributed by atoms with Gasteiger partial charge in [-0.2, -0.15) is 5.26 Å². The Bertz CT molecular complexity index is 897. The topological polar surface area (TPSA) is 87.4 Å². The number of rotatable bonds is 4. The SMILES string of the molecule is COc1cc(C=C(C#N)S(=O)(=O)c2ccc(Cl)cc2)ccc1O. The summed E-state index contributed by atoms with van der Waals surface area (Å²) in [6.07, 6.45) is 1.21. The molecule has 0 aliphatic carbocycles. The summed E-state index contributed by atoms with van der Waals surface area (Å²) in [5, 5.41) is 19.2. The summed E-state index contributed by atoms with van der Waals surface area (Å²) in [5.74, 6) is 0.101. The summed E-state index contributed by atoms with van der Waals surface area (Å²) >= 11 is 5.74. The second-order valence-corrected chi connectivity index (χ2v) is 6.86. The molecule has 0 amide bonds. The largest absolute Gasteiger partial charge is 0.504 e. The van der Waals surface area contributed by atoms with E-state index >= 15 is 0 Å². The predicted molar refractivity (Wildman–Crippen MR) is 86.9 cm³/mol. The third-order valence-corrected chi connectivity index (χ3v) is 4.96. The summed E-state index contributed by atoms with van der Waals surface area (Å²) in [6, 6.07) is 11.5. The first kappa shape index (κ1) is 16.9. The van der Waals surface area contributed by atoms with E-state index in [4.69, 9.17) is 16.3 Å². The van der Waals surface area contributed by atoms with Crippen LogP contribution in [0, 0.1) is 11.3 Å². The van der Waals surface area contributed by atoms with E-state index in [2.05, 4.69) is 0 Å². The maximum Gasteiger partial charge on any atom is 0.216 e. The zero-order valence-corrected chi connectivity index (χ0v) is 13.6. The Morgan fingerprint density at radius 3 is 2.48 bits per heavy atom. The number of halogens is 1. The van der Waals surface area contributed by atoms with Gasteiger partial charge in [-0.25, -0.2) is 8.42 Å². The van der Waals surface area contributed by atoms with Crippen LogP contribution in [-0.2, 0) is 9.84 Å². The van der Waals surface area contributed by atoms with Crippen LogP contribution in [0.3, 0.4) is 0 Å². The van der Waals surface area contributed by atoms with E-state index in [9.17, 15) is 18.8 Å². The highest BCUT2D eigenvalue weighted by molar-refractivity contribution is 7.95. The Kier molecular flexibility index (Phi) is 4.94. The Labute approximate surface area is 138 Å². The molecular weight excluding hydrogens is 338 g/mol. The Balaban J connectivity index is 2.50. The Morgan fingerprint density at radius 1 is 1.26 bits per heavy atom. The molecule has 118 valence electrons. The highest BCUT2D eigenvalue weighted by Gasteiger charge is 2.20. The smallest absolute Gasteiger partial charge is 0.216 e. The molecule has 0 aromatic heterocycles. The summed E-state index contributed by atoms with van der Waals surface area (Å²) in [5.41, 5.74) is 0.411. The summed E-state index contributed by atoms with van der Waals surface area (Å²) < 4.78 is 29.9. The third-order valence-electron chi connectivity index (χ3n) is 3.03. The number of sulfone groups is 1. The molecule has 0 unspecified atom stereocenters. The minimum atomic E-state index is -3.96. The molecule has 1 N–H and O–H groups in total. The number of phenols is 1. The van der Waals surface area contributed by atoms with Gasteiger partial charge in [-0.3, -0.25) is 0 Å². The molecule has 5 nitrogen and oxygen atoms in total. The molecule has 2 aromatic carbocycles. The van der Waals surface area contributed by atoms with Crippen molar-refractivity contribution in [3.05, 3.63) is 58.0 Å². The normalized spacial score (nSPS) is 11.8. The van der Waals surface area contributed by atoms with Crippen LogP contribution < -0.4 is 4.74 Å². The second-order valence-electron chi connectivity index (χ2n) is 4.51. The van der Waals surface area contributed by atoms with Crippen LogP contribution in [0.4, 0.5) is 0 Å².